The van der Waals surface area contributed by atoms with Crippen LogP contribution < -0.4 is 10.5 Å². The van der Waals surface area contributed by atoms with Gasteiger partial charge in [-0.3, -0.25) is 0 Å². The molecule has 96 valence electrons. The Hall–Kier alpha value is -2.61. The lowest BCUT2D eigenvalue weighted by Crippen LogP contribution is -2.04. The van der Waals surface area contributed by atoms with Crippen LogP contribution in [0, 0.1) is 23.0 Å². The van der Waals surface area contributed by atoms with Crippen LogP contribution in [0.1, 0.15) is 11.1 Å². The molecule has 0 aliphatic heterocycles. The molecule has 3 nitrogen and oxygen atoms in total. The fourth-order valence-electron chi connectivity index (χ4n) is 1.56. The molecule has 0 heterocycles. The number of hydrogen-bond donors (Lipinski definition) is 1. The van der Waals surface area contributed by atoms with Crippen LogP contribution in [0.5, 0.6) is 5.75 Å². The molecule has 2 aromatic carbocycles. The summed E-state index contributed by atoms with van der Waals surface area (Å²) >= 11 is 0. The van der Waals surface area contributed by atoms with Gasteiger partial charge in [0.05, 0.1) is 11.6 Å². The summed E-state index contributed by atoms with van der Waals surface area (Å²) in [6.07, 6.45) is 0. The molecular formula is C14H10F2N2O. The molecule has 0 amide bonds. The van der Waals surface area contributed by atoms with E-state index in [2.05, 4.69) is 0 Å². The molecule has 0 saturated heterocycles. The maximum absolute atomic E-state index is 13.5. The van der Waals surface area contributed by atoms with Gasteiger partial charge >= 0.3 is 0 Å². The highest BCUT2D eigenvalue weighted by atomic mass is 19.1. The highest BCUT2D eigenvalue weighted by Crippen LogP contribution is 2.22. The van der Waals surface area contributed by atoms with E-state index in [4.69, 9.17) is 15.7 Å². The topological polar surface area (TPSA) is 59.0 Å². The van der Waals surface area contributed by atoms with Gasteiger partial charge in [0.2, 0.25) is 0 Å². The van der Waals surface area contributed by atoms with E-state index in [1.807, 2.05) is 6.07 Å². The molecule has 0 spiro atoms. The fraction of sp³-hybridized carbons (Fsp3) is 0.0714. The van der Waals surface area contributed by atoms with Crippen LogP contribution in [0.25, 0.3) is 0 Å². The zero-order valence-electron chi connectivity index (χ0n) is 9.86. The molecule has 0 aromatic heterocycles. The number of rotatable bonds is 3. The van der Waals surface area contributed by atoms with Gasteiger partial charge in [-0.2, -0.15) is 5.26 Å². The van der Waals surface area contributed by atoms with E-state index in [9.17, 15) is 8.78 Å². The highest BCUT2D eigenvalue weighted by Gasteiger charge is 2.09. The molecule has 2 aromatic rings. The molecule has 0 fully saturated rings. The number of nitriles is 1. The quantitative estimate of drug-likeness (QED) is 0.863. The van der Waals surface area contributed by atoms with E-state index in [0.717, 1.165) is 6.07 Å². The summed E-state index contributed by atoms with van der Waals surface area (Å²) in [5.41, 5.74) is 6.22. The van der Waals surface area contributed by atoms with E-state index in [-0.39, 0.29) is 29.2 Å². The minimum absolute atomic E-state index is 0.0540. The summed E-state index contributed by atoms with van der Waals surface area (Å²) in [7, 11) is 0. The van der Waals surface area contributed by atoms with Crippen molar-refractivity contribution in [1.29, 1.82) is 5.26 Å². The van der Waals surface area contributed by atoms with Crippen molar-refractivity contribution in [2.45, 2.75) is 6.61 Å². The van der Waals surface area contributed by atoms with Crippen LogP contribution in [0.15, 0.2) is 36.4 Å². The number of halogens is 2. The van der Waals surface area contributed by atoms with E-state index in [1.54, 1.807) is 0 Å². The number of nitrogen functional groups attached to an aromatic ring is 1. The summed E-state index contributed by atoms with van der Waals surface area (Å²) in [6.45, 7) is -0.179. The van der Waals surface area contributed by atoms with Gasteiger partial charge in [0.15, 0.2) is 11.6 Å². The fourth-order valence-corrected chi connectivity index (χ4v) is 1.56. The van der Waals surface area contributed by atoms with Crippen molar-refractivity contribution in [2.75, 3.05) is 5.73 Å². The average molecular weight is 260 g/mol. The van der Waals surface area contributed by atoms with Crippen molar-refractivity contribution in [1.82, 2.24) is 0 Å². The van der Waals surface area contributed by atoms with Crippen LogP contribution in [0.3, 0.4) is 0 Å². The van der Waals surface area contributed by atoms with Crippen molar-refractivity contribution in [3.63, 3.8) is 0 Å². The predicted octanol–water partition coefficient (Wildman–Crippen LogP) is 3.00. The van der Waals surface area contributed by atoms with E-state index in [1.165, 1.54) is 30.3 Å². The Morgan fingerprint density at radius 2 is 1.95 bits per heavy atom. The van der Waals surface area contributed by atoms with E-state index in [0.29, 0.717) is 0 Å². The first-order valence-electron chi connectivity index (χ1n) is 5.47. The summed E-state index contributed by atoms with van der Waals surface area (Å²) in [6, 6.07) is 9.89. The molecule has 2 N–H and O–H groups in total. The SMILES string of the molecule is N#Cc1ccc(OCc2c(N)cccc2F)c(F)c1. The Labute approximate surface area is 108 Å². The Balaban J connectivity index is 2.17. The second-order valence-electron chi connectivity index (χ2n) is 3.85. The van der Waals surface area contributed by atoms with Crippen molar-refractivity contribution in [3.05, 3.63) is 59.2 Å². The molecule has 0 aliphatic rings. The van der Waals surface area contributed by atoms with Crippen molar-refractivity contribution in [3.8, 4) is 11.8 Å². The highest BCUT2D eigenvalue weighted by molar-refractivity contribution is 5.47. The lowest BCUT2D eigenvalue weighted by Gasteiger charge is -2.10. The monoisotopic (exact) mass is 260 g/mol. The van der Waals surface area contributed by atoms with Gasteiger partial charge in [-0.05, 0) is 30.3 Å². The maximum atomic E-state index is 13.5. The molecule has 2 rings (SSSR count). The maximum Gasteiger partial charge on any atom is 0.166 e. The molecule has 0 bridgehead atoms. The van der Waals surface area contributed by atoms with Gasteiger partial charge in [0, 0.05) is 11.3 Å². The number of anilines is 1. The van der Waals surface area contributed by atoms with Gasteiger partial charge in [-0.15, -0.1) is 0 Å². The van der Waals surface area contributed by atoms with Crippen LogP contribution in [-0.4, -0.2) is 0 Å². The van der Waals surface area contributed by atoms with Gasteiger partial charge in [0.25, 0.3) is 0 Å². The summed E-state index contributed by atoms with van der Waals surface area (Å²) in [5.74, 6) is -1.23. The third-order valence-corrected chi connectivity index (χ3v) is 2.59. The molecular weight excluding hydrogens is 250 g/mol. The van der Waals surface area contributed by atoms with Gasteiger partial charge < -0.3 is 10.5 Å². The first-order valence-corrected chi connectivity index (χ1v) is 5.47. The van der Waals surface area contributed by atoms with Crippen molar-refractivity contribution < 1.29 is 13.5 Å². The Kier molecular flexibility index (Phi) is 3.62. The number of nitrogens with zero attached hydrogens (tertiary/aromatic N) is 1. The lowest BCUT2D eigenvalue weighted by atomic mass is 10.2. The third kappa shape index (κ3) is 2.80. The second kappa shape index (κ2) is 5.36. The van der Waals surface area contributed by atoms with Crippen LogP contribution >= 0.6 is 0 Å². The van der Waals surface area contributed by atoms with Gasteiger partial charge in [-0.1, -0.05) is 6.07 Å². The van der Waals surface area contributed by atoms with Gasteiger partial charge in [-0.25, -0.2) is 8.78 Å². The van der Waals surface area contributed by atoms with Gasteiger partial charge in [0.1, 0.15) is 12.4 Å². The predicted molar refractivity (Wildman–Crippen MR) is 66.3 cm³/mol. The molecule has 0 radical (unpaired) electrons. The molecule has 19 heavy (non-hydrogen) atoms. The smallest absolute Gasteiger partial charge is 0.166 e. The average Bonchev–Trinajstić information content (AvgIpc) is 2.39. The first kappa shape index (κ1) is 12.8. The van der Waals surface area contributed by atoms with E-state index >= 15 is 0 Å². The first-order chi connectivity index (χ1) is 9.11. The van der Waals surface area contributed by atoms with Crippen molar-refractivity contribution >= 4 is 5.69 Å². The van der Waals surface area contributed by atoms with Crippen LogP contribution in [-0.2, 0) is 6.61 Å². The largest absolute Gasteiger partial charge is 0.486 e. The Bertz CT molecular complexity index is 630. The minimum Gasteiger partial charge on any atom is -0.486 e. The Morgan fingerprint density at radius 1 is 1.16 bits per heavy atom. The zero-order chi connectivity index (χ0) is 13.8. The van der Waals surface area contributed by atoms with Crippen molar-refractivity contribution in [2.24, 2.45) is 0 Å². The zero-order valence-corrected chi connectivity index (χ0v) is 9.86. The Morgan fingerprint density at radius 3 is 2.58 bits per heavy atom. The molecule has 0 aliphatic carbocycles. The number of hydrogen-bond acceptors (Lipinski definition) is 3. The number of nitrogens with two attached hydrogens (primary N) is 1. The van der Waals surface area contributed by atoms with Crippen LogP contribution in [0.4, 0.5) is 14.5 Å². The molecule has 0 unspecified atom stereocenters. The molecule has 5 heteroatoms. The minimum atomic E-state index is -0.672. The number of ether oxygens (including phenoxy) is 1. The standard InChI is InChI=1S/C14H10F2N2O/c15-11-2-1-3-13(18)10(11)8-19-14-5-4-9(7-17)6-12(14)16/h1-6H,8,18H2. The second-order valence-corrected chi connectivity index (χ2v) is 3.85. The summed E-state index contributed by atoms with van der Waals surface area (Å²) < 4.78 is 32.2. The number of benzene rings is 2. The normalized spacial score (nSPS) is 9.95. The summed E-state index contributed by atoms with van der Waals surface area (Å²) in [5, 5.41) is 8.61. The lowest BCUT2D eigenvalue weighted by molar-refractivity contribution is 0.285. The third-order valence-electron chi connectivity index (χ3n) is 2.59. The van der Waals surface area contributed by atoms with Crippen LogP contribution in [0.2, 0.25) is 0 Å². The summed E-state index contributed by atoms with van der Waals surface area (Å²) in [4.78, 5) is 0. The molecule has 0 saturated carbocycles. The molecule has 0 atom stereocenters. The van der Waals surface area contributed by atoms with E-state index < -0.39 is 11.6 Å².